The molecule has 3 rings (SSSR count). The van der Waals surface area contributed by atoms with Gasteiger partial charge in [-0.15, -0.1) is 0 Å². The summed E-state index contributed by atoms with van der Waals surface area (Å²) in [5.74, 6) is 0.232. The van der Waals surface area contributed by atoms with Crippen molar-refractivity contribution >= 4 is 27.6 Å². The fourth-order valence-corrected chi connectivity index (χ4v) is 2.26. The van der Waals surface area contributed by atoms with E-state index in [1.54, 1.807) is 13.1 Å². The van der Waals surface area contributed by atoms with Gasteiger partial charge < -0.3 is 9.78 Å². The molecule has 3 aromatic rings. The molecule has 0 bridgehead atoms. The molecule has 1 aromatic carbocycles. The Labute approximate surface area is 105 Å². The third kappa shape index (κ3) is 1.88. The van der Waals surface area contributed by atoms with Gasteiger partial charge in [-0.05, 0) is 37.1 Å². The minimum atomic E-state index is 0.232. The van der Waals surface area contributed by atoms with Gasteiger partial charge >= 0.3 is 0 Å². The number of nitrogens with zero attached hydrogens (tertiary/aromatic N) is 1. The Morgan fingerprint density at radius 3 is 2.89 bits per heavy atom. The van der Waals surface area contributed by atoms with Gasteiger partial charge in [0.15, 0.2) is 0 Å². The van der Waals surface area contributed by atoms with Crippen LogP contribution in [0, 0.1) is 0 Å². The minimum Gasteiger partial charge on any atom is -0.354 e. The summed E-state index contributed by atoms with van der Waals surface area (Å²) in [5, 5.41) is 2.32. The Morgan fingerprint density at radius 2 is 2.06 bits per heavy atom. The Balaban J connectivity index is 2.09. The van der Waals surface area contributed by atoms with Crippen molar-refractivity contribution in [2.75, 3.05) is 0 Å². The number of carbonyl (C=O) groups is 1. The number of H-pyrrole nitrogens is 1. The van der Waals surface area contributed by atoms with Crippen LogP contribution in [-0.2, 0) is 11.2 Å². The topological polar surface area (TPSA) is 45.8 Å². The largest absolute Gasteiger partial charge is 0.354 e. The minimum absolute atomic E-state index is 0.232. The zero-order valence-electron chi connectivity index (χ0n) is 10.2. The summed E-state index contributed by atoms with van der Waals surface area (Å²) in [6.45, 7) is 1.63. The first-order chi connectivity index (χ1) is 8.74. The molecule has 0 aliphatic heterocycles. The number of aromatic nitrogens is 2. The summed E-state index contributed by atoms with van der Waals surface area (Å²) in [5.41, 5.74) is 3.41. The van der Waals surface area contributed by atoms with Gasteiger partial charge in [0, 0.05) is 40.6 Å². The molecule has 0 aliphatic carbocycles. The normalized spacial score (nSPS) is 11.2. The molecule has 0 unspecified atom stereocenters. The summed E-state index contributed by atoms with van der Waals surface area (Å²) < 4.78 is 0. The average molecular weight is 238 g/mol. The van der Waals surface area contributed by atoms with E-state index in [4.69, 9.17) is 0 Å². The number of pyridine rings is 1. The number of hydrogen-bond acceptors (Lipinski definition) is 2. The lowest BCUT2D eigenvalue weighted by Gasteiger charge is -1.99. The highest BCUT2D eigenvalue weighted by molar-refractivity contribution is 6.06. The highest BCUT2D eigenvalue weighted by atomic mass is 16.1. The van der Waals surface area contributed by atoms with Crippen LogP contribution in [0.5, 0.6) is 0 Å². The fraction of sp³-hybridized carbons (Fsp3) is 0.200. The van der Waals surface area contributed by atoms with Crippen LogP contribution < -0.4 is 0 Å². The van der Waals surface area contributed by atoms with E-state index in [1.165, 1.54) is 10.9 Å². The van der Waals surface area contributed by atoms with Crippen molar-refractivity contribution in [1.29, 1.82) is 0 Å². The van der Waals surface area contributed by atoms with Crippen LogP contribution in [0.25, 0.3) is 21.8 Å². The lowest BCUT2D eigenvalue weighted by Crippen LogP contribution is -1.93. The molecule has 0 aliphatic rings. The van der Waals surface area contributed by atoms with E-state index < -0.39 is 0 Å². The Bertz CT molecular complexity index is 728. The van der Waals surface area contributed by atoms with Crippen LogP contribution in [0.3, 0.4) is 0 Å². The van der Waals surface area contributed by atoms with E-state index in [-0.39, 0.29) is 5.78 Å². The second-order valence-corrected chi connectivity index (χ2v) is 4.63. The van der Waals surface area contributed by atoms with Gasteiger partial charge in [-0.1, -0.05) is 6.07 Å². The van der Waals surface area contributed by atoms with Crippen molar-refractivity contribution in [3.05, 3.63) is 42.2 Å². The van der Waals surface area contributed by atoms with Crippen molar-refractivity contribution in [2.24, 2.45) is 0 Å². The summed E-state index contributed by atoms with van der Waals surface area (Å²) in [6.07, 6.45) is 5.07. The number of fused-ring (bicyclic) bond motifs is 3. The summed E-state index contributed by atoms with van der Waals surface area (Å²) in [6, 6.07) is 8.28. The summed E-state index contributed by atoms with van der Waals surface area (Å²) in [7, 11) is 0. The third-order valence-corrected chi connectivity index (χ3v) is 3.23. The number of rotatable bonds is 3. The second kappa shape index (κ2) is 4.26. The molecule has 3 nitrogen and oxygen atoms in total. The summed E-state index contributed by atoms with van der Waals surface area (Å²) in [4.78, 5) is 18.6. The number of nitrogens with one attached hydrogen (secondary N) is 1. The highest BCUT2D eigenvalue weighted by Gasteiger charge is 2.05. The lowest BCUT2D eigenvalue weighted by atomic mass is 10.1. The van der Waals surface area contributed by atoms with Gasteiger partial charge in [0.1, 0.15) is 5.78 Å². The molecule has 0 amide bonds. The first-order valence-electron chi connectivity index (χ1n) is 6.08. The van der Waals surface area contributed by atoms with Crippen molar-refractivity contribution in [1.82, 2.24) is 9.97 Å². The van der Waals surface area contributed by atoms with Crippen LogP contribution in [0.15, 0.2) is 36.7 Å². The molecule has 2 heterocycles. The molecule has 3 heteroatoms. The van der Waals surface area contributed by atoms with E-state index in [1.807, 2.05) is 12.3 Å². The van der Waals surface area contributed by atoms with Gasteiger partial charge in [-0.2, -0.15) is 0 Å². The maximum absolute atomic E-state index is 11.0. The standard InChI is InChI=1S/C15H14N2O/c1-10(18)2-3-11-4-5-14-12(8-11)13-9-16-7-6-15(13)17-14/h4-9,17H,2-3H2,1H3. The molecule has 0 saturated heterocycles. The number of aryl methyl sites for hydroxylation is 1. The van der Waals surface area contributed by atoms with Crippen molar-refractivity contribution < 1.29 is 4.79 Å². The van der Waals surface area contributed by atoms with Crippen LogP contribution in [-0.4, -0.2) is 15.8 Å². The Kier molecular flexibility index (Phi) is 2.59. The quantitative estimate of drug-likeness (QED) is 0.761. The summed E-state index contributed by atoms with van der Waals surface area (Å²) >= 11 is 0. The van der Waals surface area contributed by atoms with Gasteiger partial charge in [0.2, 0.25) is 0 Å². The first kappa shape index (κ1) is 11.0. The SMILES string of the molecule is CC(=O)CCc1ccc2[nH]c3ccncc3c2c1. The maximum atomic E-state index is 11.0. The van der Waals surface area contributed by atoms with Gasteiger partial charge in [-0.25, -0.2) is 0 Å². The third-order valence-electron chi connectivity index (χ3n) is 3.23. The number of carbonyl (C=O) groups excluding carboxylic acids is 1. The van der Waals surface area contributed by atoms with E-state index in [0.29, 0.717) is 6.42 Å². The molecule has 0 saturated carbocycles. The predicted molar refractivity (Wildman–Crippen MR) is 72.6 cm³/mol. The molecule has 0 radical (unpaired) electrons. The van der Waals surface area contributed by atoms with Gasteiger partial charge in [-0.3, -0.25) is 4.98 Å². The van der Waals surface area contributed by atoms with Crippen molar-refractivity contribution in [3.63, 3.8) is 0 Å². The lowest BCUT2D eigenvalue weighted by molar-refractivity contribution is -0.116. The smallest absolute Gasteiger partial charge is 0.130 e. The van der Waals surface area contributed by atoms with Crippen LogP contribution in [0.2, 0.25) is 0 Å². The first-order valence-corrected chi connectivity index (χ1v) is 6.08. The fourth-order valence-electron chi connectivity index (χ4n) is 2.26. The zero-order valence-corrected chi connectivity index (χ0v) is 10.2. The van der Waals surface area contributed by atoms with Crippen LogP contribution >= 0.6 is 0 Å². The number of Topliss-reactive ketones (excluding diaryl/α,β-unsaturated/α-hetero) is 1. The van der Waals surface area contributed by atoms with E-state index in [2.05, 4.69) is 28.2 Å². The van der Waals surface area contributed by atoms with Crippen molar-refractivity contribution in [2.45, 2.75) is 19.8 Å². The highest BCUT2D eigenvalue weighted by Crippen LogP contribution is 2.25. The molecule has 18 heavy (non-hydrogen) atoms. The molecule has 0 spiro atoms. The number of ketones is 1. The van der Waals surface area contributed by atoms with Crippen LogP contribution in [0.4, 0.5) is 0 Å². The molecular formula is C15H14N2O. The zero-order chi connectivity index (χ0) is 12.5. The molecular weight excluding hydrogens is 224 g/mol. The monoisotopic (exact) mass is 238 g/mol. The average Bonchev–Trinajstić information content (AvgIpc) is 2.74. The van der Waals surface area contributed by atoms with E-state index in [0.717, 1.165) is 22.8 Å². The van der Waals surface area contributed by atoms with E-state index in [9.17, 15) is 4.79 Å². The number of hydrogen-bond donors (Lipinski definition) is 1. The number of aromatic amines is 1. The molecule has 1 N–H and O–H groups in total. The molecule has 0 atom stereocenters. The van der Waals surface area contributed by atoms with Gasteiger partial charge in [0.25, 0.3) is 0 Å². The predicted octanol–water partition coefficient (Wildman–Crippen LogP) is 3.24. The Hall–Kier alpha value is -2.16. The van der Waals surface area contributed by atoms with Crippen LogP contribution in [0.1, 0.15) is 18.9 Å². The molecule has 2 aromatic heterocycles. The second-order valence-electron chi connectivity index (χ2n) is 4.63. The van der Waals surface area contributed by atoms with Gasteiger partial charge in [0.05, 0.1) is 0 Å². The van der Waals surface area contributed by atoms with Crippen molar-refractivity contribution in [3.8, 4) is 0 Å². The van der Waals surface area contributed by atoms with E-state index >= 15 is 0 Å². The Morgan fingerprint density at radius 1 is 1.22 bits per heavy atom. The molecule has 0 fully saturated rings. The number of benzene rings is 1. The molecule has 90 valence electrons. The maximum Gasteiger partial charge on any atom is 0.130 e.